The predicted octanol–water partition coefficient (Wildman–Crippen LogP) is 3.84. The number of aliphatic imine (C=N–C) groups is 1. The number of anilines is 1. The van der Waals surface area contributed by atoms with E-state index in [0.29, 0.717) is 18.5 Å². The fraction of sp³-hybridized carbons (Fsp3) is 0.190. The van der Waals surface area contributed by atoms with Crippen LogP contribution in [0.5, 0.6) is 0 Å². The zero-order valence-corrected chi connectivity index (χ0v) is 16.9. The molecule has 1 atom stereocenters. The summed E-state index contributed by atoms with van der Waals surface area (Å²) in [6.07, 6.45) is -0.335. The van der Waals surface area contributed by atoms with Gasteiger partial charge in [-0.1, -0.05) is 41.9 Å². The van der Waals surface area contributed by atoms with Gasteiger partial charge in [0.2, 0.25) is 5.95 Å². The lowest BCUT2D eigenvalue weighted by molar-refractivity contribution is 0.613. The van der Waals surface area contributed by atoms with Crippen molar-refractivity contribution < 1.29 is 0 Å². The largest absolute Gasteiger partial charge is 0.370 e. The predicted molar refractivity (Wildman–Crippen MR) is 115 cm³/mol. The lowest BCUT2D eigenvalue weighted by Gasteiger charge is -2.24. The summed E-state index contributed by atoms with van der Waals surface area (Å²) in [5.74, 6) is 1.02. The van der Waals surface area contributed by atoms with Crippen molar-refractivity contribution in [3.05, 3.63) is 76.1 Å². The number of imidazole rings is 1. The van der Waals surface area contributed by atoms with Crippen molar-refractivity contribution in [3.8, 4) is 0 Å². The van der Waals surface area contributed by atoms with Crippen molar-refractivity contribution in [2.45, 2.75) is 26.6 Å². The normalized spacial score (nSPS) is 15.8. The lowest BCUT2D eigenvalue weighted by atomic mass is 10.1. The maximum atomic E-state index is 6.36. The SMILES string of the molecule is Cc1nn(Cc2ccccc2Cl)c(C)c1[C@H]1N=C(N)Nc2nc3ccccc3n21. The zero-order valence-electron chi connectivity index (χ0n) is 16.1. The molecule has 146 valence electrons. The highest BCUT2D eigenvalue weighted by molar-refractivity contribution is 6.31. The van der Waals surface area contributed by atoms with E-state index in [4.69, 9.17) is 27.4 Å². The van der Waals surface area contributed by atoms with Crippen LogP contribution in [0.3, 0.4) is 0 Å². The summed E-state index contributed by atoms with van der Waals surface area (Å²) >= 11 is 6.36. The second-order valence-electron chi connectivity index (χ2n) is 7.14. The molecule has 29 heavy (non-hydrogen) atoms. The van der Waals surface area contributed by atoms with E-state index in [1.54, 1.807) is 0 Å². The third-order valence-corrected chi connectivity index (χ3v) is 5.68. The number of nitrogens with one attached hydrogen (secondary N) is 1. The fourth-order valence-electron chi connectivity index (χ4n) is 3.94. The Balaban J connectivity index is 1.64. The van der Waals surface area contributed by atoms with Gasteiger partial charge in [-0.3, -0.25) is 14.6 Å². The van der Waals surface area contributed by atoms with Crippen LogP contribution < -0.4 is 11.1 Å². The molecule has 1 aliphatic heterocycles. The minimum atomic E-state index is -0.335. The van der Waals surface area contributed by atoms with Gasteiger partial charge in [0.25, 0.3) is 0 Å². The van der Waals surface area contributed by atoms with Crippen molar-refractivity contribution in [1.82, 2.24) is 19.3 Å². The molecule has 7 nitrogen and oxygen atoms in total. The molecule has 0 saturated carbocycles. The van der Waals surface area contributed by atoms with E-state index in [-0.39, 0.29) is 6.17 Å². The molecule has 0 bridgehead atoms. The van der Waals surface area contributed by atoms with Crippen molar-refractivity contribution in [1.29, 1.82) is 0 Å². The molecule has 0 saturated heterocycles. The first-order chi connectivity index (χ1) is 14.0. The van der Waals surface area contributed by atoms with Gasteiger partial charge in [0, 0.05) is 16.3 Å². The van der Waals surface area contributed by atoms with E-state index in [9.17, 15) is 0 Å². The number of rotatable bonds is 3. The molecular weight excluding hydrogens is 386 g/mol. The number of para-hydroxylation sites is 2. The van der Waals surface area contributed by atoms with Crippen LogP contribution in [0.15, 0.2) is 53.5 Å². The van der Waals surface area contributed by atoms with E-state index in [2.05, 4.69) is 21.8 Å². The van der Waals surface area contributed by atoms with Gasteiger partial charge in [0.1, 0.15) is 0 Å². The summed E-state index contributed by atoms with van der Waals surface area (Å²) in [6.45, 7) is 4.64. The van der Waals surface area contributed by atoms with E-state index in [0.717, 1.165) is 38.6 Å². The summed E-state index contributed by atoms with van der Waals surface area (Å²) in [7, 11) is 0. The van der Waals surface area contributed by atoms with Crippen LogP contribution >= 0.6 is 11.6 Å². The van der Waals surface area contributed by atoms with Crippen LogP contribution in [0.4, 0.5) is 5.95 Å². The molecule has 0 fully saturated rings. The summed E-state index contributed by atoms with van der Waals surface area (Å²) in [5, 5.41) is 8.59. The molecule has 1 aliphatic rings. The number of halogens is 1. The molecule has 5 rings (SSSR count). The third kappa shape index (κ3) is 2.86. The number of benzene rings is 2. The van der Waals surface area contributed by atoms with Gasteiger partial charge in [0.15, 0.2) is 12.1 Å². The topological polar surface area (TPSA) is 86.1 Å². The quantitative estimate of drug-likeness (QED) is 0.542. The van der Waals surface area contributed by atoms with E-state index in [1.165, 1.54) is 0 Å². The summed E-state index contributed by atoms with van der Waals surface area (Å²) in [5.41, 5.74) is 11.9. The monoisotopic (exact) mass is 405 g/mol. The Kier molecular flexibility index (Phi) is 4.06. The first-order valence-electron chi connectivity index (χ1n) is 9.37. The van der Waals surface area contributed by atoms with E-state index < -0.39 is 0 Å². The maximum absolute atomic E-state index is 6.36. The maximum Gasteiger partial charge on any atom is 0.212 e. The molecule has 0 spiro atoms. The molecule has 2 aromatic heterocycles. The van der Waals surface area contributed by atoms with Gasteiger partial charge in [-0.05, 0) is 37.6 Å². The third-order valence-electron chi connectivity index (χ3n) is 5.32. The van der Waals surface area contributed by atoms with Gasteiger partial charge in [-0.25, -0.2) is 9.98 Å². The van der Waals surface area contributed by atoms with Crippen LogP contribution in [0.25, 0.3) is 11.0 Å². The number of aryl methyl sites for hydroxylation is 1. The Morgan fingerprint density at radius 2 is 1.86 bits per heavy atom. The Hall–Kier alpha value is -3.32. The molecule has 0 unspecified atom stereocenters. The minimum absolute atomic E-state index is 0.335. The van der Waals surface area contributed by atoms with Crippen molar-refractivity contribution in [3.63, 3.8) is 0 Å². The number of fused-ring (bicyclic) bond motifs is 3. The van der Waals surface area contributed by atoms with Crippen molar-refractivity contribution >= 4 is 34.5 Å². The Bertz CT molecular complexity index is 1270. The van der Waals surface area contributed by atoms with Crippen LogP contribution in [0, 0.1) is 13.8 Å². The van der Waals surface area contributed by atoms with Crippen molar-refractivity contribution in [2.75, 3.05) is 5.32 Å². The van der Waals surface area contributed by atoms with Crippen molar-refractivity contribution in [2.24, 2.45) is 10.7 Å². The molecule has 0 radical (unpaired) electrons. The fourth-order valence-corrected chi connectivity index (χ4v) is 4.13. The highest BCUT2D eigenvalue weighted by Crippen LogP contribution is 2.35. The first-order valence-corrected chi connectivity index (χ1v) is 9.75. The number of aromatic nitrogens is 4. The molecule has 8 heteroatoms. The summed E-state index contributed by atoms with van der Waals surface area (Å²) in [6, 6.07) is 15.8. The second kappa shape index (κ2) is 6.63. The first kappa shape index (κ1) is 17.8. The van der Waals surface area contributed by atoms with E-state index in [1.807, 2.05) is 60.1 Å². The van der Waals surface area contributed by atoms with Gasteiger partial charge in [-0.2, -0.15) is 5.10 Å². The molecule has 2 aromatic carbocycles. The zero-order chi connectivity index (χ0) is 20.1. The van der Waals surface area contributed by atoms with Crippen LogP contribution in [0.2, 0.25) is 5.02 Å². The highest BCUT2D eigenvalue weighted by Gasteiger charge is 2.29. The molecule has 3 N–H and O–H groups in total. The number of nitrogens with zero attached hydrogens (tertiary/aromatic N) is 5. The Morgan fingerprint density at radius 1 is 1.10 bits per heavy atom. The number of guanidine groups is 1. The Labute approximate surface area is 172 Å². The lowest BCUT2D eigenvalue weighted by Crippen LogP contribution is -2.31. The Morgan fingerprint density at radius 3 is 2.69 bits per heavy atom. The molecular formula is C21H20ClN7. The average Bonchev–Trinajstić information content (AvgIpc) is 3.19. The summed E-state index contributed by atoms with van der Waals surface area (Å²) < 4.78 is 4.04. The molecule has 0 amide bonds. The van der Waals surface area contributed by atoms with Gasteiger partial charge in [-0.15, -0.1) is 0 Å². The molecule has 4 aromatic rings. The van der Waals surface area contributed by atoms with E-state index >= 15 is 0 Å². The number of hydrogen-bond donors (Lipinski definition) is 2. The standard InChI is InChI=1S/C21H20ClN7/c1-12-18(13(2)28(27-12)11-14-7-3-4-8-15(14)22)19-25-20(23)26-21-24-16-9-5-6-10-17(16)29(19)21/h3-10,19H,11H2,1-2H3,(H3,23,24,25,26)/t19-/m0/s1. The van der Waals surface area contributed by atoms with Crippen LogP contribution in [-0.2, 0) is 6.54 Å². The van der Waals surface area contributed by atoms with Gasteiger partial charge in [0.05, 0.1) is 23.3 Å². The average molecular weight is 406 g/mol. The van der Waals surface area contributed by atoms with Gasteiger partial charge < -0.3 is 5.73 Å². The van der Waals surface area contributed by atoms with Crippen LogP contribution in [-0.4, -0.2) is 25.3 Å². The molecule has 3 heterocycles. The van der Waals surface area contributed by atoms with Gasteiger partial charge >= 0.3 is 0 Å². The smallest absolute Gasteiger partial charge is 0.212 e. The van der Waals surface area contributed by atoms with Crippen LogP contribution in [0.1, 0.15) is 28.7 Å². The number of hydrogen-bond acceptors (Lipinski definition) is 5. The second-order valence-corrected chi connectivity index (χ2v) is 7.55. The highest BCUT2D eigenvalue weighted by atomic mass is 35.5. The molecule has 0 aliphatic carbocycles. The summed E-state index contributed by atoms with van der Waals surface area (Å²) in [4.78, 5) is 9.37. The minimum Gasteiger partial charge on any atom is -0.370 e. The number of nitrogens with two attached hydrogens (primary N) is 1.